The Balaban J connectivity index is 2.55. The van der Waals surface area contributed by atoms with Crippen LogP contribution in [0.1, 0.15) is 20.3 Å². The lowest BCUT2D eigenvalue weighted by atomic mass is 10.0. The Morgan fingerprint density at radius 3 is 2.63 bits per heavy atom. The van der Waals surface area contributed by atoms with Gasteiger partial charge < -0.3 is 15.4 Å². The number of piperazine rings is 1. The summed E-state index contributed by atoms with van der Waals surface area (Å²) in [7, 11) is 1.29. The van der Waals surface area contributed by atoms with E-state index in [-0.39, 0.29) is 30.8 Å². The van der Waals surface area contributed by atoms with Gasteiger partial charge >= 0.3 is 5.97 Å². The van der Waals surface area contributed by atoms with Crippen molar-refractivity contribution in [3.63, 3.8) is 0 Å². The normalized spacial score (nSPS) is 20.6. The Labute approximate surface area is 112 Å². The monoisotopic (exact) mass is 271 g/mol. The van der Waals surface area contributed by atoms with E-state index in [0.29, 0.717) is 6.42 Å². The van der Waals surface area contributed by atoms with Crippen LogP contribution in [0.15, 0.2) is 0 Å². The molecule has 1 heterocycles. The van der Waals surface area contributed by atoms with Crippen molar-refractivity contribution in [3.05, 3.63) is 0 Å². The van der Waals surface area contributed by atoms with Crippen LogP contribution in [0.4, 0.5) is 0 Å². The van der Waals surface area contributed by atoms with E-state index in [0.717, 1.165) is 0 Å². The zero-order valence-corrected chi connectivity index (χ0v) is 11.5. The number of hydrogen-bond donors (Lipinski definition) is 3. The standard InChI is InChI=1S/C12H21N3O4/c1-7(2)4-8(12(18)19-3)15-11(17)9-5-14-10(16)6-13-9/h7-9,13H,4-6H2,1-3H3,(H,14,16)(H,15,17)/t8-,9?/m0/s1. The first kappa shape index (κ1) is 15.4. The molecule has 1 unspecified atom stereocenters. The van der Waals surface area contributed by atoms with E-state index in [1.54, 1.807) is 0 Å². The van der Waals surface area contributed by atoms with Crippen LogP contribution in [0.3, 0.4) is 0 Å². The fourth-order valence-electron chi connectivity index (χ4n) is 1.85. The molecule has 1 rings (SSSR count). The molecule has 1 fully saturated rings. The van der Waals surface area contributed by atoms with Crippen LogP contribution >= 0.6 is 0 Å². The van der Waals surface area contributed by atoms with Gasteiger partial charge in [0, 0.05) is 6.54 Å². The summed E-state index contributed by atoms with van der Waals surface area (Å²) >= 11 is 0. The summed E-state index contributed by atoms with van der Waals surface area (Å²) in [6.45, 7) is 4.24. The largest absolute Gasteiger partial charge is 0.467 e. The summed E-state index contributed by atoms with van der Waals surface area (Å²) in [6.07, 6.45) is 0.511. The second-order valence-electron chi connectivity index (χ2n) is 4.95. The average Bonchev–Trinajstić information content (AvgIpc) is 2.37. The number of nitrogens with one attached hydrogen (secondary N) is 3. The first-order chi connectivity index (χ1) is 8.93. The molecule has 1 saturated heterocycles. The lowest BCUT2D eigenvalue weighted by Crippen LogP contribution is -2.60. The van der Waals surface area contributed by atoms with Crippen LogP contribution in [0.5, 0.6) is 0 Å². The highest BCUT2D eigenvalue weighted by Crippen LogP contribution is 2.06. The molecular formula is C12H21N3O4. The van der Waals surface area contributed by atoms with Crippen molar-refractivity contribution >= 4 is 17.8 Å². The van der Waals surface area contributed by atoms with E-state index in [9.17, 15) is 14.4 Å². The zero-order valence-electron chi connectivity index (χ0n) is 11.5. The van der Waals surface area contributed by atoms with Gasteiger partial charge in [0.1, 0.15) is 12.1 Å². The third-order valence-electron chi connectivity index (χ3n) is 2.84. The van der Waals surface area contributed by atoms with Gasteiger partial charge in [-0.25, -0.2) is 4.79 Å². The Morgan fingerprint density at radius 2 is 2.16 bits per heavy atom. The van der Waals surface area contributed by atoms with Crippen LogP contribution in [0.25, 0.3) is 0 Å². The maximum atomic E-state index is 12.0. The highest BCUT2D eigenvalue weighted by molar-refractivity contribution is 5.90. The fraction of sp³-hybridized carbons (Fsp3) is 0.750. The van der Waals surface area contributed by atoms with Gasteiger partial charge in [0.05, 0.1) is 13.7 Å². The molecule has 2 atom stereocenters. The molecule has 0 aromatic rings. The lowest BCUT2D eigenvalue weighted by molar-refractivity contribution is -0.146. The molecule has 0 radical (unpaired) electrons. The molecule has 2 amide bonds. The molecule has 3 N–H and O–H groups in total. The van der Waals surface area contributed by atoms with Crippen LogP contribution in [-0.4, -0.2) is 50.1 Å². The third-order valence-corrected chi connectivity index (χ3v) is 2.84. The molecule has 0 bridgehead atoms. The molecule has 7 nitrogen and oxygen atoms in total. The topological polar surface area (TPSA) is 96.5 Å². The summed E-state index contributed by atoms with van der Waals surface area (Å²) in [6, 6.07) is -1.17. The van der Waals surface area contributed by atoms with Gasteiger partial charge in [-0.2, -0.15) is 0 Å². The van der Waals surface area contributed by atoms with Crippen molar-refractivity contribution in [2.45, 2.75) is 32.4 Å². The summed E-state index contributed by atoms with van der Waals surface area (Å²) < 4.78 is 4.67. The molecule has 0 spiro atoms. The highest BCUT2D eigenvalue weighted by atomic mass is 16.5. The van der Waals surface area contributed by atoms with E-state index in [1.165, 1.54) is 7.11 Å². The number of hydrogen-bond acceptors (Lipinski definition) is 5. The smallest absolute Gasteiger partial charge is 0.328 e. The Morgan fingerprint density at radius 1 is 1.47 bits per heavy atom. The fourth-order valence-corrected chi connectivity index (χ4v) is 1.85. The van der Waals surface area contributed by atoms with E-state index in [1.807, 2.05) is 13.8 Å². The van der Waals surface area contributed by atoms with Crippen molar-refractivity contribution in [3.8, 4) is 0 Å². The van der Waals surface area contributed by atoms with Gasteiger partial charge in [0.15, 0.2) is 0 Å². The summed E-state index contributed by atoms with van der Waals surface area (Å²) in [5.74, 6) is -0.655. The molecule has 0 aromatic heterocycles. The van der Waals surface area contributed by atoms with Gasteiger partial charge in [0.2, 0.25) is 11.8 Å². The number of carbonyl (C=O) groups excluding carboxylic acids is 3. The van der Waals surface area contributed by atoms with E-state index < -0.39 is 18.1 Å². The second-order valence-corrected chi connectivity index (χ2v) is 4.95. The van der Waals surface area contributed by atoms with Crippen molar-refractivity contribution in [2.75, 3.05) is 20.2 Å². The molecule has 19 heavy (non-hydrogen) atoms. The summed E-state index contributed by atoms with van der Waals surface area (Å²) in [5, 5.41) is 8.06. The van der Waals surface area contributed by atoms with Crippen LogP contribution < -0.4 is 16.0 Å². The number of carbonyl (C=O) groups is 3. The molecule has 1 aliphatic heterocycles. The number of amides is 2. The average molecular weight is 271 g/mol. The van der Waals surface area contributed by atoms with E-state index in [2.05, 4.69) is 20.7 Å². The van der Waals surface area contributed by atoms with Crippen molar-refractivity contribution < 1.29 is 19.1 Å². The molecule has 0 aromatic carbocycles. The predicted octanol–water partition coefficient (Wildman–Crippen LogP) is -1.22. The summed E-state index contributed by atoms with van der Waals surface area (Å²) in [5.41, 5.74) is 0. The maximum Gasteiger partial charge on any atom is 0.328 e. The minimum absolute atomic E-state index is 0.102. The summed E-state index contributed by atoms with van der Waals surface area (Å²) in [4.78, 5) is 34.5. The maximum absolute atomic E-state index is 12.0. The van der Waals surface area contributed by atoms with Gasteiger partial charge in [0.25, 0.3) is 0 Å². The number of methoxy groups -OCH3 is 1. The van der Waals surface area contributed by atoms with Crippen LogP contribution in [0.2, 0.25) is 0 Å². The van der Waals surface area contributed by atoms with Crippen molar-refractivity contribution in [2.24, 2.45) is 5.92 Å². The minimum Gasteiger partial charge on any atom is -0.467 e. The van der Waals surface area contributed by atoms with Gasteiger partial charge in [-0.3, -0.25) is 14.9 Å². The number of esters is 1. The number of rotatable bonds is 5. The first-order valence-corrected chi connectivity index (χ1v) is 6.32. The van der Waals surface area contributed by atoms with Crippen LogP contribution in [-0.2, 0) is 19.1 Å². The molecule has 7 heteroatoms. The quantitative estimate of drug-likeness (QED) is 0.545. The SMILES string of the molecule is COC(=O)[C@H](CC(C)C)NC(=O)C1CNC(=O)CN1. The van der Waals surface area contributed by atoms with E-state index >= 15 is 0 Å². The molecule has 0 saturated carbocycles. The van der Waals surface area contributed by atoms with Crippen molar-refractivity contribution in [1.29, 1.82) is 0 Å². The van der Waals surface area contributed by atoms with Gasteiger partial charge in [-0.1, -0.05) is 13.8 Å². The van der Waals surface area contributed by atoms with E-state index in [4.69, 9.17) is 0 Å². The van der Waals surface area contributed by atoms with Gasteiger partial charge in [-0.05, 0) is 12.3 Å². The Bertz CT molecular complexity index is 347. The zero-order chi connectivity index (χ0) is 14.4. The minimum atomic E-state index is -0.656. The van der Waals surface area contributed by atoms with Crippen LogP contribution in [0, 0.1) is 5.92 Å². The second kappa shape index (κ2) is 7.08. The third kappa shape index (κ3) is 4.86. The molecular weight excluding hydrogens is 250 g/mol. The predicted molar refractivity (Wildman–Crippen MR) is 68.2 cm³/mol. The van der Waals surface area contributed by atoms with Crippen molar-refractivity contribution in [1.82, 2.24) is 16.0 Å². The molecule has 1 aliphatic rings. The van der Waals surface area contributed by atoms with Gasteiger partial charge in [-0.15, -0.1) is 0 Å². The first-order valence-electron chi connectivity index (χ1n) is 6.32. The lowest BCUT2D eigenvalue weighted by Gasteiger charge is -2.25. The number of ether oxygens (including phenoxy) is 1. The molecule has 108 valence electrons. The molecule has 0 aliphatic carbocycles. The Kier molecular flexibility index (Phi) is 5.75. The Hall–Kier alpha value is -1.63. The highest BCUT2D eigenvalue weighted by Gasteiger charge is 2.28.